The topological polar surface area (TPSA) is 78.4 Å². The number of nitrogens with one attached hydrogen (secondary N) is 2. The minimum atomic E-state index is -0.974. The van der Waals surface area contributed by atoms with Crippen LogP contribution in [0.15, 0.2) is 0 Å². The number of rotatable bonds is 5. The van der Waals surface area contributed by atoms with Gasteiger partial charge in [0.25, 0.3) is 0 Å². The van der Waals surface area contributed by atoms with Crippen molar-refractivity contribution < 1.29 is 14.7 Å². The molecule has 1 fully saturated rings. The number of carboxylic acid groups (broad SMARTS) is 1. The summed E-state index contributed by atoms with van der Waals surface area (Å²) in [6, 6.07) is -1.18. The number of carbonyl (C=O) groups is 2. The lowest BCUT2D eigenvalue weighted by molar-refractivity contribution is -0.139. The SMILES string of the molecule is CC(C)CC(NC(=O)NC1(C)CCCCC1)C(=O)O. The molecule has 1 rings (SSSR count). The van der Waals surface area contributed by atoms with Crippen LogP contribution in [0.3, 0.4) is 0 Å². The van der Waals surface area contributed by atoms with E-state index in [1.807, 2.05) is 20.8 Å². The van der Waals surface area contributed by atoms with E-state index in [4.69, 9.17) is 5.11 Å². The smallest absolute Gasteiger partial charge is 0.326 e. The van der Waals surface area contributed by atoms with Crippen molar-refractivity contribution in [3.05, 3.63) is 0 Å². The van der Waals surface area contributed by atoms with Gasteiger partial charge in [-0.15, -0.1) is 0 Å². The molecule has 0 spiro atoms. The zero-order valence-corrected chi connectivity index (χ0v) is 12.2. The number of amides is 2. The van der Waals surface area contributed by atoms with Crippen LogP contribution in [0.1, 0.15) is 59.3 Å². The van der Waals surface area contributed by atoms with Gasteiger partial charge in [0.05, 0.1) is 0 Å². The monoisotopic (exact) mass is 270 g/mol. The number of carboxylic acids is 1. The lowest BCUT2D eigenvalue weighted by atomic mass is 9.83. The molecule has 0 bridgehead atoms. The fourth-order valence-corrected chi connectivity index (χ4v) is 2.62. The van der Waals surface area contributed by atoms with Crippen LogP contribution in [-0.2, 0) is 4.79 Å². The molecule has 0 aromatic carbocycles. The minimum Gasteiger partial charge on any atom is -0.480 e. The molecule has 0 heterocycles. The van der Waals surface area contributed by atoms with Gasteiger partial charge < -0.3 is 15.7 Å². The highest BCUT2D eigenvalue weighted by Gasteiger charge is 2.30. The molecule has 5 nitrogen and oxygen atoms in total. The number of hydrogen-bond donors (Lipinski definition) is 3. The summed E-state index contributed by atoms with van der Waals surface area (Å²) < 4.78 is 0. The molecule has 2 amide bonds. The number of urea groups is 1. The van der Waals surface area contributed by atoms with E-state index in [0.717, 1.165) is 25.7 Å². The van der Waals surface area contributed by atoms with E-state index in [1.165, 1.54) is 6.42 Å². The molecule has 3 N–H and O–H groups in total. The molecule has 110 valence electrons. The molecule has 5 heteroatoms. The molecule has 0 aromatic rings. The van der Waals surface area contributed by atoms with Crippen LogP contribution in [0, 0.1) is 5.92 Å². The Morgan fingerprint density at radius 1 is 1.21 bits per heavy atom. The molecule has 1 aliphatic carbocycles. The molecule has 1 unspecified atom stereocenters. The molecule has 1 saturated carbocycles. The molecule has 0 aromatic heterocycles. The standard InChI is InChI=1S/C14H26N2O3/c1-10(2)9-11(12(17)18)15-13(19)16-14(3)7-5-4-6-8-14/h10-11H,4-9H2,1-3H3,(H,17,18)(H2,15,16,19). The average Bonchev–Trinajstić information content (AvgIpc) is 2.27. The van der Waals surface area contributed by atoms with Crippen molar-refractivity contribution in [3.63, 3.8) is 0 Å². The van der Waals surface area contributed by atoms with E-state index >= 15 is 0 Å². The van der Waals surface area contributed by atoms with E-state index in [2.05, 4.69) is 10.6 Å². The van der Waals surface area contributed by atoms with Gasteiger partial charge in [0.2, 0.25) is 0 Å². The first-order valence-electron chi connectivity index (χ1n) is 7.14. The second-order valence-corrected chi connectivity index (χ2v) is 6.24. The third-order valence-corrected chi connectivity index (χ3v) is 3.68. The molecule has 0 aliphatic heterocycles. The first-order chi connectivity index (χ1) is 8.82. The van der Waals surface area contributed by atoms with Crippen molar-refractivity contribution in [1.29, 1.82) is 0 Å². The first kappa shape index (κ1) is 15.8. The van der Waals surface area contributed by atoms with Gasteiger partial charge >= 0.3 is 12.0 Å². The molecule has 1 atom stereocenters. The predicted molar refractivity (Wildman–Crippen MR) is 74.0 cm³/mol. The van der Waals surface area contributed by atoms with Crippen LogP contribution in [0.5, 0.6) is 0 Å². The fraction of sp³-hybridized carbons (Fsp3) is 0.857. The van der Waals surface area contributed by atoms with Gasteiger partial charge in [-0.25, -0.2) is 9.59 Å². The Kier molecular flexibility index (Phi) is 5.63. The normalized spacial score (nSPS) is 19.8. The average molecular weight is 270 g/mol. The van der Waals surface area contributed by atoms with Crippen molar-refractivity contribution in [2.45, 2.75) is 70.9 Å². The Balaban J connectivity index is 2.50. The van der Waals surface area contributed by atoms with Gasteiger partial charge in [0, 0.05) is 5.54 Å². The zero-order chi connectivity index (χ0) is 14.5. The van der Waals surface area contributed by atoms with Gasteiger partial charge in [-0.05, 0) is 32.1 Å². The number of carbonyl (C=O) groups excluding carboxylic acids is 1. The predicted octanol–water partition coefficient (Wildman–Crippen LogP) is 2.51. The van der Waals surface area contributed by atoms with E-state index in [0.29, 0.717) is 6.42 Å². The maximum atomic E-state index is 11.9. The summed E-state index contributed by atoms with van der Waals surface area (Å²) in [6.07, 6.45) is 5.81. The Morgan fingerprint density at radius 3 is 2.26 bits per heavy atom. The summed E-state index contributed by atoms with van der Waals surface area (Å²) in [5.74, 6) is -0.746. The van der Waals surface area contributed by atoms with E-state index in [9.17, 15) is 9.59 Å². The zero-order valence-electron chi connectivity index (χ0n) is 12.2. The van der Waals surface area contributed by atoms with Crippen LogP contribution >= 0.6 is 0 Å². The fourth-order valence-electron chi connectivity index (χ4n) is 2.62. The third kappa shape index (κ3) is 5.49. The molecular weight excluding hydrogens is 244 g/mol. The van der Waals surface area contributed by atoms with Gasteiger partial charge in [0.1, 0.15) is 6.04 Å². The van der Waals surface area contributed by atoms with Gasteiger partial charge in [-0.3, -0.25) is 0 Å². The highest BCUT2D eigenvalue weighted by molar-refractivity contribution is 5.82. The van der Waals surface area contributed by atoms with Crippen LogP contribution in [0.4, 0.5) is 4.79 Å². The molecular formula is C14H26N2O3. The van der Waals surface area contributed by atoms with Crippen molar-refractivity contribution in [3.8, 4) is 0 Å². The van der Waals surface area contributed by atoms with Gasteiger partial charge in [0.15, 0.2) is 0 Å². The second-order valence-electron chi connectivity index (χ2n) is 6.24. The second kappa shape index (κ2) is 6.78. The molecule has 0 saturated heterocycles. The van der Waals surface area contributed by atoms with Gasteiger partial charge in [-0.1, -0.05) is 33.1 Å². The van der Waals surface area contributed by atoms with Crippen molar-refractivity contribution in [1.82, 2.24) is 10.6 Å². The Hall–Kier alpha value is -1.26. The van der Waals surface area contributed by atoms with Crippen molar-refractivity contribution in [2.75, 3.05) is 0 Å². The quantitative estimate of drug-likeness (QED) is 0.718. The highest BCUT2D eigenvalue weighted by Crippen LogP contribution is 2.27. The Labute approximate surface area is 115 Å². The first-order valence-corrected chi connectivity index (χ1v) is 7.14. The largest absolute Gasteiger partial charge is 0.480 e. The van der Waals surface area contributed by atoms with E-state index in [1.54, 1.807) is 0 Å². The number of aliphatic carboxylic acids is 1. The van der Waals surface area contributed by atoms with Crippen molar-refractivity contribution in [2.24, 2.45) is 5.92 Å². The molecule has 0 radical (unpaired) electrons. The Morgan fingerprint density at radius 2 is 1.79 bits per heavy atom. The van der Waals surface area contributed by atoms with E-state index in [-0.39, 0.29) is 17.5 Å². The third-order valence-electron chi connectivity index (χ3n) is 3.68. The molecule has 1 aliphatic rings. The van der Waals surface area contributed by atoms with Crippen LogP contribution < -0.4 is 10.6 Å². The van der Waals surface area contributed by atoms with Crippen molar-refractivity contribution >= 4 is 12.0 Å². The summed E-state index contributed by atoms with van der Waals surface area (Å²) in [5.41, 5.74) is -0.191. The maximum absolute atomic E-state index is 11.9. The van der Waals surface area contributed by atoms with E-state index < -0.39 is 12.0 Å². The summed E-state index contributed by atoms with van der Waals surface area (Å²) in [5, 5.41) is 14.6. The molecule has 19 heavy (non-hydrogen) atoms. The summed E-state index contributed by atoms with van der Waals surface area (Å²) >= 11 is 0. The maximum Gasteiger partial charge on any atom is 0.326 e. The van der Waals surface area contributed by atoms with Crippen LogP contribution in [0.2, 0.25) is 0 Å². The lowest BCUT2D eigenvalue weighted by Gasteiger charge is -2.35. The van der Waals surface area contributed by atoms with Crippen LogP contribution in [-0.4, -0.2) is 28.7 Å². The lowest BCUT2D eigenvalue weighted by Crippen LogP contribution is -2.54. The minimum absolute atomic E-state index is 0.191. The highest BCUT2D eigenvalue weighted by atomic mass is 16.4. The summed E-state index contributed by atoms with van der Waals surface area (Å²) in [6.45, 7) is 5.92. The van der Waals surface area contributed by atoms with Crippen LogP contribution in [0.25, 0.3) is 0 Å². The van der Waals surface area contributed by atoms with Gasteiger partial charge in [-0.2, -0.15) is 0 Å². The summed E-state index contributed by atoms with van der Waals surface area (Å²) in [4.78, 5) is 23.0. The summed E-state index contributed by atoms with van der Waals surface area (Å²) in [7, 11) is 0. The number of hydrogen-bond acceptors (Lipinski definition) is 2. The Bertz CT molecular complexity index is 323.